The summed E-state index contributed by atoms with van der Waals surface area (Å²) in [6.45, 7) is 6.48. The zero-order valence-electron chi connectivity index (χ0n) is 11.1. The molecule has 5 nitrogen and oxygen atoms in total. The number of aromatic nitrogens is 1. The van der Waals surface area contributed by atoms with E-state index in [0.717, 1.165) is 6.42 Å². The maximum absolute atomic E-state index is 12.4. The van der Waals surface area contributed by atoms with Crippen LogP contribution in [-0.2, 0) is 16.6 Å². The smallest absolute Gasteiger partial charge is 0.244 e. The molecule has 0 aromatic carbocycles. The summed E-state index contributed by atoms with van der Waals surface area (Å²) in [6, 6.07) is 3.20. The molecule has 18 heavy (non-hydrogen) atoms. The van der Waals surface area contributed by atoms with Crippen LogP contribution in [0.25, 0.3) is 0 Å². The van der Waals surface area contributed by atoms with E-state index in [4.69, 9.17) is 5.73 Å². The molecular weight excluding hydrogens is 250 g/mol. The van der Waals surface area contributed by atoms with Crippen molar-refractivity contribution in [2.75, 3.05) is 6.54 Å². The third-order valence-electron chi connectivity index (χ3n) is 3.01. The fraction of sp³-hybridized carbons (Fsp3) is 0.583. The molecule has 1 rings (SSSR count). The minimum absolute atomic E-state index is 0.0193. The van der Waals surface area contributed by atoms with E-state index in [0.29, 0.717) is 18.8 Å². The molecule has 1 aromatic heterocycles. The number of hydrogen-bond acceptors (Lipinski definition) is 4. The first-order chi connectivity index (χ1) is 8.47. The summed E-state index contributed by atoms with van der Waals surface area (Å²) in [4.78, 5) is 4.26. The number of pyridine rings is 1. The molecule has 0 saturated heterocycles. The predicted molar refractivity (Wildman–Crippen MR) is 71.4 cm³/mol. The van der Waals surface area contributed by atoms with Crippen molar-refractivity contribution in [3.63, 3.8) is 0 Å². The number of nitrogens with zero attached hydrogens (tertiary/aromatic N) is 2. The summed E-state index contributed by atoms with van der Waals surface area (Å²) in [6.07, 6.45) is 2.16. The van der Waals surface area contributed by atoms with Crippen LogP contribution in [0.15, 0.2) is 23.2 Å². The number of nitrogens with two attached hydrogens (primary N) is 1. The standard InChI is InChI=1S/C12H21N3O2S/c1-4-10(3)15(5-2)18(16,17)12-7-6-11(8-13)14-9-12/h6-7,9-10H,4-5,8,13H2,1-3H3. The van der Waals surface area contributed by atoms with Gasteiger partial charge in [0.1, 0.15) is 4.90 Å². The molecule has 0 bridgehead atoms. The Morgan fingerprint density at radius 3 is 2.44 bits per heavy atom. The van der Waals surface area contributed by atoms with Gasteiger partial charge in [0, 0.05) is 25.3 Å². The van der Waals surface area contributed by atoms with Crippen LogP contribution < -0.4 is 5.73 Å². The number of sulfonamides is 1. The van der Waals surface area contributed by atoms with Gasteiger partial charge >= 0.3 is 0 Å². The number of rotatable bonds is 6. The lowest BCUT2D eigenvalue weighted by Gasteiger charge is -2.26. The Balaban J connectivity index is 3.10. The Kier molecular flexibility index (Phi) is 5.25. The van der Waals surface area contributed by atoms with Crippen LogP contribution >= 0.6 is 0 Å². The second-order valence-corrected chi connectivity index (χ2v) is 6.05. The van der Waals surface area contributed by atoms with Gasteiger partial charge in [-0.15, -0.1) is 0 Å². The van der Waals surface area contributed by atoms with Gasteiger partial charge in [-0.3, -0.25) is 4.98 Å². The normalized spacial score (nSPS) is 13.8. The van der Waals surface area contributed by atoms with Crippen molar-refractivity contribution in [1.82, 2.24) is 9.29 Å². The molecule has 0 aliphatic rings. The van der Waals surface area contributed by atoms with Gasteiger partial charge in [0.15, 0.2) is 0 Å². The molecule has 0 spiro atoms. The summed E-state index contributed by atoms with van der Waals surface area (Å²) in [5, 5.41) is 0. The van der Waals surface area contributed by atoms with Gasteiger partial charge in [0.05, 0.1) is 5.69 Å². The van der Waals surface area contributed by atoms with Crippen LogP contribution in [0.2, 0.25) is 0 Å². The summed E-state index contributed by atoms with van der Waals surface area (Å²) < 4.78 is 26.3. The monoisotopic (exact) mass is 271 g/mol. The van der Waals surface area contributed by atoms with Crippen molar-refractivity contribution < 1.29 is 8.42 Å². The minimum atomic E-state index is -3.46. The third kappa shape index (κ3) is 3.07. The molecule has 0 aliphatic carbocycles. The topological polar surface area (TPSA) is 76.3 Å². The van der Waals surface area contributed by atoms with Crippen molar-refractivity contribution in [1.29, 1.82) is 0 Å². The predicted octanol–water partition coefficient (Wildman–Crippen LogP) is 1.35. The highest BCUT2D eigenvalue weighted by atomic mass is 32.2. The van der Waals surface area contributed by atoms with E-state index in [-0.39, 0.29) is 10.9 Å². The van der Waals surface area contributed by atoms with Gasteiger partial charge in [0.25, 0.3) is 0 Å². The first-order valence-corrected chi connectivity index (χ1v) is 7.58. The Hall–Kier alpha value is -0.980. The van der Waals surface area contributed by atoms with Crippen LogP contribution in [0, 0.1) is 0 Å². The first kappa shape index (κ1) is 15.1. The molecule has 2 N–H and O–H groups in total. The lowest BCUT2D eigenvalue weighted by Crippen LogP contribution is -2.38. The molecule has 102 valence electrons. The lowest BCUT2D eigenvalue weighted by molar-refractivity contribution is 0.342. The van der Waals surface area contributed by atoms with E-state index in [9.17, 15) is 8.42 Å². The van der Waals surface area contributed by atoms with Crippen LogP contribution in [0.1, 0.15) is 32.9 Å². The van der Waals surface area contributed by atoms with Crippen LogP contribution in [-0.4, -0.2) is 30.3 Å². The van der Waals surface area contributed by atoms with Gasteiger partial charge in [0.2, 0.25) is 10.0 Å². The zero-order chi connectivity index (χ0) is 13.8. The van der Waals surface area contributed by atoms with Crippen molar-refractivity contribution in [3.05, 3.63) is 24.0 Å². The van der Waals surface area contributed by atoms with Crippen molar-refractivity contribution in [2.45, 2.75) is 44.7 Å². The van der Waals surface area contributed by atoms with E-state index in [1.54, 1.807) is 12.1 Å². The fourth-order valence-corrected chi connectivity index (χ4v) is 3.40. The lowest BCUT2D eigenvalue weighted by atomic mass is 10.3. The molecular formula is C12H21N3O2S. The molecule has 1 unspecified atom stereocenters. The molecule has 0 fully saturated rings. The Labute approximate surface area is 109 Å². The Morgan fingerprint density at radius 1 is 1.39 bits per heavy atom. The molecule has 0 aliphatic heterocycles. The summed E-state index contributed by atoms with van der Waals surface area (Å²) in [7, 11) is -3.46. The van der Waals surface area contributed by atoms with Gasteiger partial charge in [-0.05, 0) is 25.5 Å². The highest BCUT2D eigenvalue weighted by Crippen LogP contribution is 2.18. The maximum atomic E-state index is 12.4. The van der Waals surface area contributed by atoms with Gasteiger partial charge in [-0.2, -0.15) is 4.31 Å². The molecule has 6 heteroatoms. The van der Waals surface area contributed by atoms with Crippen LogP contribution in [0.5, 0.6) is 0 Å². The second-order valence-electron chi connectivity index (χ2n) is 4.16. The first-order valence-electron chi connectivity index (χ1n) is 6.14. The van der Waals surface area contributed by atoms with Gasteiger partial charge in [-0.25, -0.2) is 8.42 Å². The highest BCUT2D eigenvalue weighted by molar-refractivity contribution is 7.89. The van der Waals surface area contributed by atoms with Crippen molar-refractivity contribution in [2.24, 2.45) is 5.73 Å². The summed E-state index contributed by atoms with van der Waals surface area (Å²) >= 11 is 0. The Bertz CT molecular complexity index is 471. The highest BCUT2D eigenvalue weighted by Gasteiger charge is 2.26. The molecule has 0 radical (unpaired) electrons. The molecule has 1 atom stereocenters. The molecule has 0 amide bonds. The van der Waals surface area contributed by atoms with E-state index in [1.165, 1.54) is 10.5 Å². The quantitative estimate of drug-likeness (QED) is 0.847. The average Bonchev–Trinajstić information content (AvgIpc) is 2.39. The Morgan fingerprint density at radius 2 is 2.06 bits per heavy atom. The van der Waals surface area contributed by atoms with Crippen LogP contribution in [0.3, 0.4) is 0 Å². The SMILES string of the molecule is CCC(C)N(CC)S(=O)(=O)c1ccc(CN)nc1. The van der Waals surface area contributed by atoms with E-state index >= 15 is 0 Å². The largest absolute Gasteiger partial charge is 0.325 e. The van der Waals surface area contributed by atoms with Crippen molar-refractivity contribution in [3.8, 4) is 0 Å². The van der Waals surface area contributed by atoms with E-state index in [1.807, 2.05) is 20.8 Å². The van der Waals surface area contributed by atoms with E-state index in [2.05, 4.69) is 4.98 Å². The van der Waals surface area contributed by atoms with Crippen molar-refractivity contribution >= 4 is 10.0 Å². The molecule has 1 aromatic rings. The van der Waals surface area contributed by atoms with E-state index < -0.39 is 10.0 Å². The van der Waals surface area contributed by atoms with Gasteiger partial charge < -0.3 is 5.73 Å². The summed E-state index contributed by atoms with van der Waals surface area (Å²) in [5.41, 5.74) is 6.12. The summed E-state index contributed by atoms with van der Waals surface area (Å²) in [5.74, 6) is 0. The molecule has 1 heterocycles. The maximum Gasteiger partial charge on any atom is 0.244 e. The average molecular weight is 271 g/mol. The zero-order valence-corrected chi connectivity index (χ0v) is 11.9. The minimum Gasteiger partial charge on any atom is -0.325 e. The number of hydrogen-bond donors (Lipinski definition) is 1. The van der Waals surface area contributed by atoms with Gasteiger partial charge in [-0.1, -0.05) is 13.8 Å². The van der Waals surface area contributed by atoms with Crippen LogP contribution in [0.4, 0.5) is 0 Å². The molecule has 0 saturated carbocycles. The second kappa shape index (κ2) is 6.26. The third-order valence-corrected chi connectivity index (χ3v) is 5.08. The fourth-order valence-electron chi connectivity index (χ4n) is 1.74.